The molecule has 0 saturated carbocycles. The molecule has 0 amide bonds. The predicted octanol–water partition coefficient (Wildman–Crippen LogP) is 1.96. The van der Waals surface area contributed by atoms with Crippen molar-refractivity contribution >= 4 is 11.9 Å². The summed E-state index contributed by atoms with van der Waals surface area (Å²) < 4.78 is 15.4. The Balaban J connectivity index is 2.89. The van der Waals surface area contributed by atoms with Crippen LogP contribution in [0.15, 0.2) is 23.2 Å². The molecule has 140 valence electrons. The fourth-order valence-corrected chi connectivity index (χ4v) is 2.00. The number of aliphatic imine (C=N–C) groups is 1. The fraction of sp³-hybridized carbons (Fsp3) is 0.556. The van der Waals surface area contributed by atoms with Crippen molar-refractivity contribution in [2.75, 3.05) is 34.4 Å². The van der Waals surface area contributed by atoms with Gasteiger partial charge in [-0.3, -0.25) is 0 Å². The van der Waals surface area contributed by atoms with Crippen LogP contribution in [-0.4, -0.2) is 51.9 Å². The van der Waals surface area contributed by atoms with Gasteiger partial charge in [0.15, 0.2) is 5.96 Å². The van der Waals surface area contributed by atoms with Gasteiger partial charge in [0, 0.05) is 20.2 Å². The van der Waals surface area contributed by atoms with Gasteiger partial charge in [0.05, 0.1) is 26.4 Å². The summed E-state index contributed by atoms with van der Waals surface area (Å²) in [6.07, 6.45) is 0. The van der Waals surface area contributed by atoms with Crippen LogP contribution in [0.25, 0.3) is 0 Å². The van der Waals surface area contributed by atoms with Gasteiger partial charge >= 0.3 is 5.97 Å². The quantitative estimate of drug-likeness (QED) is 0.423. The van der Waals surface area contributed by atoms with Crippen LogP contribution in [0, 0.1) is 0 Å². The van der Waals surface area contributed by atoms with Crippen LogP contribution in [0.4, 0.5) is 0 Å². The van der Waals surface area contributed by atoms with Gasteiger partial charge in [0.25, 0.3) is 0 Å². The van der Waals surface area contributed by atoms with E-state index in [0.717, 1.165) is 12.1 Å². The third kappa shape index (κ3) is 6.62. The van der Waals surface area contributed by atoms with E-state index in [4.69, 9.17) is 14.2 Å². The lowest BCUT2D eigenvalue weighted by molar-refractivity contribution is 0.0268. The second-order valence-electron chi connectivity index (χ2n) is 6.04. The molecular weight excluding hydrogens is 322 g/mol. The summed E-state index contributed by atoms with van der Waals surface area (Å²) in [5, 5.41) is 6.44. The highest BCUT2D eigenvalue weighted by atomic mass is 16.5. The van der Waals surface area contributed by atoms with E-state index in [1.807, 2.05) is 26.8 Å². The number of esters is 1. The number of nitrogens with zero attached hydrogens (tertiary/aromatic N) is 1. The van der Waals surface area contributed by atoms with Gasteiger partial charge in [0.1, 0.15) is 11.3 Å². The van der Waals surface area contributed by atoms with Crippen LogP contribution in [0.1, 0.15) is 36.7 Å². The van der Waals surface area contributed by atoms with Crippen LogP contribution in [-0.2, 0) is 16.0 Å². The Kier molecular flexibility index (Phi) is 8.21. The number of hydrogen-bond donors (Lipinski definition) is 2. The normalized spacial score (nSPS) is 11.8. The molecule has 2 N–H and O–H groups in total. The number of ether oxygens (including phenoxy) is 3. The van der Waals surface area contributed by atoms with Crippen LogP contribution < -0.4 is 15.4 Å². The van der Waals surface area contributed by atoms with Crippen molar-refractivity contribution in [3.63, 3.8) is 0 Å². The average molecular weight is 351 g/mol. The van der Waals surface area contributed by atoms with E-state index in [1.54, 1.807) is 19.2 Å². The zero-order valence-corrected chi connectivity index (χ0v) is 15.9. The van der Waals surface area contributed by atoms with Crippen molar-refractivity contribution < 1.29 is 19.0 Å². The van der Waals surface area contributed by atoms with Gasteiger partial charge in [-0.05, 0) is 38.5 Å². The molecule has 0 atom stereocenters. The summed E-state index contributed by atoms with van der Waals surface area (Å²) >= 11 is 0. The molecule has 0 spiro atoms. The van der Waals surface area contributed by atoms with Crippen LogP contribution >= 0.6 is 0 Å². The molecular formula is C18H29N3O4. The van der Waals surface area contributed by atoms with Gasteiger partial charge in [-0.1, -0.05) is 6.07 Å². The molecule has 1 aromatic rings. The number of hydrogen-bond acceptors (Lipinski definition) is 5. The second kappa shape index (κ2) is 9.88. The molecule has 25 heavy (non-hydrogen) atoms. The Hall–Kier alpha value is -2.28. The van der Waals surface area contributed by atoms with E-state index in [-0.39, 0.29) is 5.60 Å². The third-order valence-electron chi connectivity index (χ3n) is 3.67. The standard InChI is InChI=1S/C18H29N3O4/c1-7-19-17(21-12-18(2,3)25-6)20-11-13-8-9-15(23-4)14(10-13)16(22)24-5/h8-10H,7,11-12H2,1-6H3,(H2,19,20,21). The fourth-order valence-electron chi connectivity index (χ4n) is 2.00. The summed E-state index contributed by atoms with van der Waals surface area (Å²) in [6, 6.07) is 5.35. The molecule has 7 nitrogen and oxygen atoms in total. The predicted molar refractivity (Wildman–Crippen MR) is 98.2 cm³/mol. The minimum absolute atomic E-state index is 0.297. The number of benzene rings is 1. The first-order valence-corrected chi connectivity index (χ1v) is 8.19. The maximum Gasteiger partial charge on any atom is 0.341 e. The summed E-state index contributed by atoms with van der Waals surface area (Å²) in [5.41, 5.74) is 0.967. The molecule has 7 heteroatoms. The highest BCUT2D eigenvalue weighted by molar-refractivity contribution is 5.92. The maximum absolute atomic E-state index is 11.9. The van der Waals surface area contributed by atoms with Crippen molar-refractivity contribution in [3.05, 3.63) is 29.3 Å². The third-order valence-corrected chi connectivity index (χ3v) is 3.67. The SMILES string of the molecule is CCNC(=NCc1ccc(OC)c(C(=O)OC)c1)NCC(C)(C)OC. The van der Waals surface area contributed by atoms with Crippen LogP contribution in [0.2, 0.25) is 0 Å². The largest absolute Gasteiger partial charge is 0.496 e. The molecule has 0 radical (unpaired) electrons. The lowest BCUT2D eigenvalue weighted by Gasteiger charge is -2.24. The van der Waals surface area contributed by atoms with E-state index in [2.05, 4.69) is 15.6 Å². The molecule has 1 aromatic carbocycles. The zero-order chi connectivity index (χ0) is 18.9. The number of guanidine groups is 1. The van der Waals surface area contributed by atoms with Gasteiger partial charge < -0.3 is 24.8 Å². The molecule has 0 aromatic heterocycles. The number of carbonyl (C=O) groups is 1. The van der Waals surface area contributed by atoms with Crippen molar-refractivity contribution in [3.8, 4) is 5.75 Å². The topological polar surface area (TPSA) is 81.2 Å². The maximum atomic E-state index is 11.9. The molecule has 0 aliphatic heterocycles. The molecule has 0 bridgehead atoms. The number of methoxy groups -OCH3 is 3. The number of nitrogens with one attached hydrogen (secondary N) is 2. The van der Waals surface area contributed by atoms with E-state index >= 15 is 0 Å². The Morgan fingerprint density at radius 1 is 1.20 bits per heavy atom. The van der Waals surface area contributed by atoms with Gasteiger partial charge in [-0.25, -0.2) is 9.79 Å². The highest BCUT2D eigenvalue weighted by Gasteiger charge is 2.17. The lowest BCUT2D eigenvalue weighted by Crippen LogP contribution is -2.45. The first kappa shape index (κ1) is 20.8. The van der Waals surface area contributed by atoms with E-state index in [1.165, 1.54) is 14.2 Å². The van der Waals surface area contributed by atoms with Crippen molar-refractivity contribution in [1.29, 1.82) is 0 Å². The zero-order valence-electron chi connectivity index (χ0n) is 15.9. The summed E-state index contributed by atoms with van der Waals surface area (Å²) in [7, 11) is 4.54. The first-order valence-electron chi connectivity index (χ1n) is 8.19. The van der Waals surface area contributed by atoms with Gasteiger partial charge in [0.2, 0.25) is 0 Å². The monoisotopic (exact) mass is 351 g/mol. The average Bonchev–Trinajstić information content (AvgIpc) is 2.63. The minimum Gasteiger partial charge on any atom is -0.496 e. The van der Waals surface area contributed by atoms with E-state index in [9.17, 15) is 4.79 Å². The summed E-state index contributed by atoms with van der Waals surface area (Å²) in [6.45, 7) is 7.77. The molecule has 0 fully saturated rings. The Labute approximate surface area is 149 Å². The van der Waals surface area contributed by atoms with E-state index in [0.29, 0.717) is 30.4 Å². The molecule has 0 heterocycles. The minimum atomic E-state index is -0.436. The number of carbonyl (C=O) groups excluding carboxylic acids is 1. The van der Waals surface area contributed by atoms with Gasteiger partial charge in [-0.15, -0.1) is 0 Å². The van der Waals surface area contributed by atoms with Crippen molar-refractivity contribution in [2.24, 2.45) is 4.99 Å². The molecule has 1 rings (SSSR count). The molecule has 0 unspecified atom stereocenters. The lowest BCUT2D eigenvalue weighted by atomic mass is 10.1. The van der Waals surface area contributed by atoms with Crippen molar-refractivity contribution in [1.82, 2.24) is 10.6 Å². The molecule has 0 saturated heterocycles. The number of rotatable bonds is 8. The Morgan fingerprint density at radius 2 is 1.92 bits per heavy atom. The first-order chi connectivity index (χ1) is 11.9. The Bertz CT molecular complexity index is 600. The summed E-state index contributed by atoms with van der Waals surface area (Å²) in [4.78, 5) is 16.4. The van der Waals surface area contributed by atoms with Crippen molar-refractivity contribution in [2.45, 2.75) is 32.9 Å². The van der Waals surface area contributed by atoms with Crippen LogP contribution in [0.5, 0.6) is 5.75 Å². The van der Waals surface area contributed by atoms with Crippen LogP contribution in [0.3, 0.4) is 0 Å². The highest BCUT2D eigenvalue weighted by Crippen LogP contribution is 2.21. The molecule has 0 aliphatic rings. The molecule has 0 aliphatic carbocycles. The summed E-state index contributed by atoms with van der Waals surface area (Å²) in [5.74, 6) is 0.726. The Morgan fingerprint density at radius 3 is 2.48 bits per heavy atom. The van der Waals surface area contributed by atoms with Gasteiger partial charge in [-0.2, -0.15) is 0 Å². The van der Waals surface area contributed by atoms with E-state index < -0.39 is 5.97 Å². The second-order valence-corrected chi connectivity index (χ2v) is 6.04. The smallest absolute Gasteiger partial charge is 0.341 e.